The van der Waals surface area contributed by atoms with Crippen molar-refractivity contribution in [2.75, 3.05) is 33.1 Å². The number of hydrogen-bond acceptors (Lipinski definition) is 5. The van der Waals surface area contributed by atoms with E-state index in [0.717, 1.165) is 32.0 Å². The molecule has 1 atom stereocenters. The minimum Gasteiger partial charge on any atom is -0.454 e. The number of ether oxygens (including phenoxy) is 3. The largest absolute Gasteiger partial charge is 0.454 e. The van der Waals surface area contributed by atoms with Gasteiger partial charge in [-0.2, -0.15) is 5.10 Å². The minimum absolute atomic E-state index is 0.0714. The molecular formula is C21H24N3O4+. The molecule has 0 unspecified atom stereocenters. The van der Waals surface area contributed by atoms with Gasteiger partial charge in [-0.25, -0.2) is 5.43 Å². The molecule has 2 aromatic carbocycles. The Hall–Kier alpha value is -2.90. The third-order valence-corrected chi connectivity index (χ3v) is 5.06. The maximum Gasteiger partial charge on any atom is 0.271 e. The highest BCUT2D eigenvalue weighted by atomic mass is 16.7. The van der Waals surface area contributed by atoms with Gasteiger partial charge in [-0.15, -0.1) is 0 Å². The molecule has 28 heavy (non-hydrogen) atoms. The van der Waals surface area contributed by atoms with Gasteiger partial charge in [-0.3, -0.25) is 4.79 Å². The van der Waals surface area contributed by atoms with E-state index in [0.29, 0.717) is 17.1 Å². The van der Waals surface area contributed by atoms with E-state index < -0.39 is 0 Å². The number of nitrogens with one attached hydrogen (secondary N) is 2. The number of fused-ring (bicyclic) bond motifs is 1. The Morgan fingerprint density at radius 2 is 1.82 bits per heavy atom. The molecular weight excluding hydrogens is 358 g/mol. The summed E-state index contributed by atoms with van der Waals surface area (Å²) < 4.78 is 16.1. The van der Waals surface area contributed by atoms with Crippen LogP contribution in [0.4, 0.5) is 0 Å². The van der Waals surface area contributed by atoms with Gasteiger partial charge in [0.2, 0.25) is 6.79 Å². The molecule has 4 rings (SSSR count). The van der Waals surface area contributed by atoms with Crippen LogP contribution in [0.15, 0.2) is 53.6 Å². The van der Waals surface area contributed by atoms with Crippen LogP contribution in [0.5, 0.6) is 11.5 Å². The number of nitrogens with zero attached hydrogens (tertiary/aromatic N) is 1. The predicted molar refractivity (Wildman–Crippen MR) is 104 cm³/mol. The van der Waals surface area contributed by atoms with Crippen molar-refractivity contribution in [3.63, 3.8) is 0 Å². The second kappa shape index (κ2) is 8.41. The molecule has 0 aromatic heterocycles. The minimum atomic E-state index is -0.276. The van der Waals surface area contributed by atoms with Crippen molar-refractivity contribution in [1.82, 2.24) is 5.43 Å². The van der Waals surface area contributed by atoms with Crippen molar-refractivity contribution < 1.29 is 23.9 Å². The standard InChI is InChI=1S/C21H23N3O4/c1-15(20(16-5-3-2-4-6-16)24-9-11-26-12-10-24)22-23-21(25)17-7-8-18-19(13-17)28-14-27-18/h2-8,13,20H,9-12,14H2,1H3,(H,23,25)/p+1/b22-15-/t20-/m1/s1. The average molecular weight is 382 g/mol. The van der Waals surface area contributed by atoms with Crippen molar-refractivity contribution in [3.05, 3.63) is 59.7 Å². The van der Waals surface area contributed by atoms with Crippen LogP contribution in [0, 0.1) is 0 Å². The first-order valence-electron chi connectivity index (χ1n) is 9.44. The molecule has 2 heterocycles. The molecule has 7 nitrogen and oxygen atoms in total. The van der Waals surface area contributed by atoms with Crippen LogP contribution in [0.3, 0.4) is 0 Å². The van der Waals surface area contributed by atoms with Gasteiger partial charge in [0.15, 0.2) is 17.5 Å². The predicted octanol–water partition coefficient (Wildman–Crippen LogP) is 1.18. The number of carbonyl (C=O) groups is 1. The summed E-state index contributed by atoms with van der Waals surface area (Å²) in [5.41, 5.74) is 5.21. The van der Waals surface area contributed by atoms with E-state index in [1.807, 2.05) is 25.1 Å². The molecule has 1 amide bonds. The van der Waals surface area contributed by atoms with Gasteiger partial charge in [0.25, 0.3) is 5.91 Å². The van der Waals surface area contributed by atoms with Crippen LogP contribution in [0.2, 0.25) is 0 Å². The second-order valence-corrected chi connectivity index (χ2v) is 6.88. The SMILES string of the molecule is C/C(=N/NC(=O)c1ccc2c(c1)OCO2)[C@H](c1ccccc1)[NH+]1CCOCC1. The lowest BCUT2D eigenvalue weighted by molar-refractivity contribution is -0.928. The molecule has 0 radical (unpaired) electrons. The van der Waals surface area contributed by atoms with E-state index in [9.17, 15) is 4.79 Å². The van der Waals surface area contributed by atoms with Crippen LogP contribution in [0.25, 0.3) is 0 Å². The number of rotatable bonds is 5. The Labute approximate surface area is 163 Å². The van der Waals surface area contributed by atoms with Crippen LogP contribution >= 0.6 is 0 Å². The summed E-state index contributed by atoms with van der Waals surface area (Å²) >= 11 is 0. The number of carbonyl (C=O) groups excluding carboxylic acids is 1. The van der Waals surface area contributed by atoms with Crippen molar-refractivity contribution in [3.8, 4) is 11.5 Å². The van der Waals surface area contributed by atoms with Crippen LogP contribution in [0.1, 0.15) is 28.9 Å². The summed E-state index contributed by atoms with van der Waals surface area (Å²) in [6, 6.07) is 15.4. The van der Waals surface area contributed by atoms with E-state index >= 15 is 0 Å². The molecule has 1 saturated heterocycles. The monoisotopic (exact) mass is 382 g/mol. The highest BCUT2D eigenvalue weighted by Gasteiger charge is 2.29. The third-order valence-electron chi connectivity index (χ3n) is 5.06. The number of amides is 1. The molecule has 7 heteroatoms. The molecule has 0 saturated carbocycles. The number of hydrogen-bond donors (Lipinski definition) is 2. The summed E-state index contributed by atoms with van der Waals surface area (Å²) in [5.74, 6) is 0.950. The van der Waals surface area contributed by atoms with E-state index in [-0.39, 0.29) is 18.7 Å². The Morgan fingerprint density at radius 3 is 2.61 bits per heavy atom. The smallest absolute Gasteiger partial charge is 0.271 e. The molecule has 2 aliphatic rings. The van der Waals surface area contributed by atoms with E-state index in [4.69, 9.17) is 14.2 Å². The zero-order valence-corrected chi connectivity index (χ0v) is 15.8. The molecule has 0 bridgehead atoms. The zero-order chi connectivity index (χ0) is 19.3. The summed E-state index contributed by atoms with van der Waals surface area (Å²) in [6.45, 7) is 5.41. The maximum absolute atomic E-state index is 12.5. The van der Waals surface area contributed by atoms with Gasteiger partial charge in [0.1, 0.15) is 13.1 Å². The molecule has 2 N–H and O–H groups in total. The lowest BCUT2D eigenvalue weighted by Gasteiger charge is -2.31. The van der Waals surface area contributed by atoms with Gasteiger partial charge in [-0.05, 0) is 25.1 Å². The lowest BCUT2D eigenvalue weighted by Crippen LogP contribution is -3.15. The van der Waals surface area contributed by atoms with Gasteiger partial charge in [0, 0.05) is 11.1 Å². The lowest BCUT2D eigenvalue weighted by atomic mass is 10.0. The topological polar surface area (TPSA) is 73.6 Å². The van der Waals surface area contributed by atoms with Gasteiger partial charge in [-0.1, -0.05) is 30.3 Å². The molecule has 1 fully saturated rings. The summed E-state index contributed by atoms with van der Waals surface area (Å²) in [4.78, 5) is 13.9. The Balaban J connectivity index is 1.51. The summed E-state index contributed by atoms with van der Waals surface area (Å²) in [6.07, 6.45) is 0. The summed E-state index contributed by atoms with van der Waals surface area (Å²) in [5, 5.41) is 4.43. The van der Waals surface area contributed by atoms with Gasteiger partial charge >= 0.3 is 0 Å². The first-order chi connectivity index (χ1) is 13.7. The van der Waals surface area contributed by atoms with Crippen LogP contribution in [-0.2, 0) is 4.74 Å². The van der Waals surface area contributed by atoms with Crippen molar-refractivity contribution in [1.29, 1.82) is 0 Å². The first kappa shape index (κ1) is 18.5. The Kier molecular flexibility index (Phi) is 5.55. The molecule has 146 valence electrons. The average Bonchev–Trinajstić information content (AvgIpc) is 3.22. The fourth-order valence-electron chi connectivity index (χ4n) is 3.65. The zero-order valence-electron chi connectivity index (χ0n) is 15.8. The highest BCUT2D eigenvalue weighted by Crippen LogP contribution is 2.32. The fourth-order valence-corrected chi connectivity index (χ4v) is 3.65. The highest BCUT2D eigenvalue weighted by molar-refractivity contribution is 5.96. The molecule has 2 aliphatic heterocycles. The Bertz CT molecular complexity index is 863. The first-order valence-corrected chi connectivity index (χ1v) is 9.44. The van der Waals surface area contributed by atoms with Crippen LogP contribution in [-0.4, -0.2) is 44.7 Å². The third kappa shape index (κ3) is 4.00. The van der Waals surface area contributed by atoms with E-state index in [1.165, 1.54) is 10.5 Å². The van der Waals surface area contributed by atoms with Crippen molar-refractivity contribution in [2.45, 2.75) is 13.0 Å². The van der Waals surface area contributed by atoms with Crippen LogP contribution < -0.4 is 19.8 Å². The Morgan fingerprint density at radius 1 is 1.07 bits per heavy atom. The molecule has 2 aromatic rings. The maximum atomic E-state index is 12.5. The van der Waals surface area contributed by atoms with Gasteiger partial charge < -0.3 is 19.1 Å². The second-order valence-electron chi connectivity index (χ2n) is 6.88. The van der Waals surface area contributed by atoms with E-state index in [2.05, 4.69) is 22.7 Å². The quantitative estimate of drug-likeness (QED) is 0.602. The number of quaternary nitrogens is 1. The fraction of sp³-hybridized carbons (Fsp3) is 0.333. The van der Waals surface area contributed by atoms with Gasteiger partial charge in [0.05, 0.1) is 18.9 Å². The van der Waals surface area contributed by atoms with Crippen molar-refractivity contribution >= 4 is 11.6 Å². The number of hydrazone groups is 1. The van der Waals surface area contributed by atoms with E-state index in [1.54, 1.807) is 18.2 Å². The summed E-state index contributed by atoms with van der Waals surface area (Å²) in [7, 11) is 0. The number of benzene rings is 2. The molecule has 0 spiro atoms. The molecule has 0 aliphatic carbocycles. The number of morpholine rings is 1. The van der Waals surface area contributed by atoms with Crippen molar-refractivity contribution in [2.24, 2.45) is 5.10 Å². The normalized spacial score (nSPS) is 18.0.